The maximum absolute atomic E-state index is 13.3. The molecule has 35 heavy (non-hydrogen) atoms. The molecular weight excluding hydrogens is 440 g/mol. The summed E-state index contributed by atoms with van der Waals surface area (Å²) in [6, 6.07) is 22.9. The first kappa shape index (κ1) is 24.2. The van der Waals surface area contributed by atoms with E-state index in [4.69, 9.17) is 4.74 Å². The van der Waals surface area contributed by atoms with Gasteiger partial charge in [-0.05, 0) is 38.0 Å². The highest BCUT2D eigenvalue weighted by molar-refractivity contribution is 5.70. The lowest BCUT2D eigenvalue weighted by atomic mass is 9.75. The van der Waals surface area contributed by atoms with Crippen LogP contribution in [0.4, 0.5) is 4.79 Å². The van der Waals surface area contributed by atoms with Crippen molar-refractivity contribution in [2.24, 2.45) is 12.5 Å². The first-order valence-electron chi connectivity index (χ1n) is 11.8. The highest BCUT2D eigenvalue weighted by Gasteiger charge is 2.46. The number of nitriles is 1. The Morgan fingerprint density at radius 1 is 1.09 bits per heavy atom. The van der Waals surface area contributed by atoms with E-state index in [1.165, 1.54) is 10.7 Å². The SMILES string of the molecule is C[C@@H](c1ccc(-c2ccc(=O)n(C)n2)cc1)N1CCC(CC(C)(C)C#N)(c2ccccc2)OC1=O. The molecule has 2 aromatic carbocycles. The smallest absolute Gasteiger partial charge is 0.411 e. The zero-order valence-corrected chi connectivity index (χ0v) is 20.6. The van der Waals surface area contributed by atoms with Gasteiger partial charge >= 0.3 is 6.09 Å². The van der Waals surface area contributed by atoms with Crippen molar-refractivity contribution >= 4 is 6.09 Å². The molecule has 2 heterocycles. The third kappa shape index (κ3) is 4.97. The second-order valence-corrected chi connectivity index (χ2v) is 9.82. The van der Waals surface area contributed by atoms with Crippen LogP contribution in [0.25, 0.3) is 11.3 Å². The number of ether oxygens (including phenoxy) is 1. The van der Waals surface area contributed by atoms with Gasteiger partial charge in [-0.15, -0.1) is 0 Å². The lowest BCUT2D eigenvalue weighted by Gasteiger charge is -2.45. The van der Waals surface area contributed by atoms with Gasteiger partial charge in [0.2, 0.25) is 0 Å². The number of carbonyl (C=O) groups excluding carboxylic acids is 1. The third-order valence-electron chi connectivity index (χ3n) is 6.72. The summed E-state index contributed by atoms with van der Waals surface area (Å²) in [6.45, 7) is 6.25. The van der Waals surface area contributed by atoms with Crippen LogP contribution in [0.5, 0.6) is 0 Å². The molecule has 0 N–H and O–H groups in total. The van der Waals surface area contributed by atoms with Crippen LogP contribution in [0.2, 0.25) is 0 Å². The standard InChI is InChI=1S/C28H30N4O3/c1-20(21-10-12-22(13-11-21)24-14-15-25(33)31(4)30-24)32-17-16-28(35-26(32)34,18-27(2,3)19-29)23-8-6-5-7-9-23/h5-15,20H,16-18H2,1-4H3/t20-,28?/m0/s1. The van der Waals surface area contributed by atoms with Crippen molar-refractivity contribution in [2.75, 3.05) is 6.54 Å². The number of aromatic nitrogens is 2. The first-order valence-corrected chi connectivity index (χ1v) is 11.8. The number of hydrogen-bond donors (Lipinski definition) is 0. The Bertz CT molecular complexity index is 1310. The Hall–Kier alpha value is -3.92. The summed E-state index contributed by atoms with van der Waals surface area (Å²) >= 11 is 0. The van der Waals surface area contributed by atoms with E-state index >= 15 is 0 Å². The molecule has 7 heteroatoms. The Labute approximate surface area is 205 Å². The maximum atomic E-state index is 13.3. The van der Waals surface area contributed by atoms with Crippen LogP contribution >= 0.6 is 0 Å². The minimum Gasteiger partial charge on any atom is -0.438 e. The largest absolute Gasteiger partial charge is 0.438 e. The number of carbonyl (C=O) groups is 1. The predicted octanol–water partition coefficient (Wildman–Crippen LogP) is 5.19. The van der Waals surface area contributed by atoms with E-state index in [0.717, 1.165) is 16.7 Å². The molecule has 0 aliphatic carbocycles. The molecule has 0 spiro atoms. The lowest BCUT2D eigenvalue weighted by molar-refractivity contribution is -0.0770. The quantitative estimate of drug-likeness (QED) is 0.495. The summed E-state index contributed by atoms with van der Waals surface area (Å²) in [7, 11) is 1.62. The minimum absolute atomic E-state index is 0.160. The van der Waals surface area contributed by atoms with Crippen molar-refractivity contribution in [3.05, 3.63) is 88.2 Å². The van der Waals surface area contributed by atoms with Crippen LogP contribution in [0.3, 0.4) is 0 Å². The maximum Gasteiger partial charge on any atom is 0.411 e. The molecule has 1 fully saturated rings. The summed E-state index contributed by atoms with van der Waals surface area (Å²) in [4.78, 5) is 26.7. The molecule has 0 saturated carbocycles. The molecule has 0 radical (unpaired) electrons. The second-order valence-electron chi connectivity index (χ2n) is 9.82. The first-order chi connectivity index (χ1) is 16.6. The zero-order valence-electron chi connectivity index (χ0n) is 20.6. The number of aryl methyl sites for hydroxylation is 1. The number of nitrogens with zero attached hydrogens (tertiary/aromatic N) is 4. The number of hydrogen-bond acceptors (Lipinski definition) is 5. The average Bonchev–Trinajstić information content (AvgIpc) is 2.86. The topological polar surface area (TPSA) is 88.2 Å². The van der Waals surface area contributed by atoms with Crippen molar-refractivity contribution in [3.63, 3.8) is 0 Å². The molecule has 1 amide bonds. The van der Waals surface area contributed by atoms with Gasteiger partial charge < -0.3 is 9.64 Å². The van der Waals surface area contributed by atoms with Crippen molar-refractivity contribution in [3.8, 4) is 17.3 Å². The lowest BCUT2D eigenvalue weighted by Crippen LogP contribution is -2.50. The van der Waals surface area contributed by atoms with E-state index in [-0.39, 0.29) is 17.7 Å². The summed E-state index contributed by atoms with van der Waals surface area (Å²) < 4.78 is 7.47. The van der Waals surface area contributed by atoms with E-state index in [2.05, 4.69) is 11.2 Å². The number of rotatable bonds is 6. The molecule has 4 rings (SSSR count). The molecule has 3 aromatic rings. The van der Waals surface area contributed by atoms with Crippen molar-refractivity contribution < 1.29 is 9.53 Å². The van der Waals surface area contributed by atoms with Gasteiger partial charge in [0.15, 0.2) is 0 Å². The summed E-state index contributed by atoms with van der Waals surface area (Å²) in [5.41, 5.74) is 1.84. The van der Waals surface area contributed by atoms with Crippen LogP contribution in [-0.4, -0.2) is 27.3 Å². The summed E-state index contributed by atoms with van der Waals surface area (Å²) in [6.07, 6.45) is 0.638. The number of cyclic esters (lactones) is 1. The zero-order chi connectivity index (χ0) is 25.2. The normalized spacial score (nSPS) is 19.1. The average molecular weight is 471 g/mol. The minimum atomic E-state index is -0.841. The Balaban J connectivity index is 1.55. The predicted molar refractivity (Wildman–Crippen MR) is 133 cm³/mol. The van der Waals surface area contributed by atoms with Gasteiger partial charge in [0.25, 0.3) is 5.56 Å². The number of amides is 1. The molecule has 180 valence electrons. The van der Waals surface area contributed by atoms with Gasteiger partial charge in [0.05, 0.1) is 23.2 Å². The second kappa shape index (κ2) is 9.38. The fraction of sp³-hybridized carbons (Fsp3) is 0.357. The van der Waals surface area contributed by atoms with Crippen molar-refractivity contribution in [1.82, 2.24) is 14.7 Å². The molecule has 7 nitrogen and oxygen atoms in total. The van der Waals surface area contributed by atoms with E-state index in [1.54, 1.807) is 18.0 Å². The van der Waals surface area contributed by atoms with Gasteiger partial charge in [-0.3, -0.25) is 4.79 Å². The summed E-state index contributed by atoms with van der Waals surface area (Å²) in [5, 5.41) is 13.9. The molecule has 1 aliphatic rings. The van der Waals surface area contributed by atoms with Gasteiger partial charge in [-0.1, -0.05) is 54.6 Å². The van der Waals surface area contributed by atoms with Gasteiger partial charge in [-0.2, -0.15) is 10.4 Å². The fourth-order valence-electron chi connectivity index (χ4n) is 4.71. The molecular formula is C28H30N4O3. The highest BCUT2D eigenvalue weighted by Crippen LogP contribution is 2.44. The van der Waals surface area contributed by atoms with E-state index < -0.39 is 11.0 Å². The Kier molecular flexibility index (Phi) is 6.49. The van der Waals surface area contributed by atoms with E-state index in [9.17, 15) is 14.9 Å². The van der Waals surface area contributed by atoms with Crippen LogP contribution in [0.1, 0.15) is 50.8 Å². The monoisotopic (exact) mass is 470 g/mol. The highest BCUT2D eigenvalue weighted by atomic mass is 16.6. The van der Waals surface area contributed by atoms with Gasteiger partial charge in [0.1, 0.15) is 5.60 Å². The Morgan fingerprint density at radius 2 is 1.77 bits per heavy atom. The molecule has 1 aliphatic heterocycles. The number of benzene rings is 2. The molecule has 1 aromatic heterocycles. The Morgan fingerprint density at radius 3 is 2.37 bits per heavy atom. The van der Waals surface area contributed by atoms with E-state index in [0.29, 0.717) is 25.1 Å². The molecule has 2 atom stereocenters. The van der Waals surface area contributed by atoms with Crippen molar-refractivity contribution in [2.45, 2.75) is 45.3 Å². The molecule has 1 unspecified atom stereocenters. The van der Waals surface area contributed by atoms with Crippen molar-refractivity contribution in [1.29, 1.82) is 5.26 Å². The van der Waals surface area contributed by atoms with Crippen LogP contribution in [0.15, 0.2) is 71.5 Å². The van der Waals surface area contributed by atoms with Crippen LogP contribution in [-0.2, 0) is 17.4 Å². The molecule has 1 saturated heterocycles. The third-order valence-corrected chi connectivity index (χ3v) is 6.72. The van der Waals surface area contributed by atoms with Crippen LogP contribution in [0, 0.1) is 16.7 Å². The molecule has 0 bridgehead atoms. The fourth-order valence-corrected chi connectivity index (χ4v) is 4.71. The van der Waals surface area contributed by atoms with E-state index in [1.807, 2.05) is 75.4 Å². The summed E-state index contributed by atoms with van der Waals surface area (Å²) in [5.74, 6) is 0. The van der Waals surface area contributed by atoms with Crippen LogP contribution < -0.4 is 5.56 Å². The van der Waals surface area contributed by atoms with Gasteiger partial charge in [-0.25, -0.2) is 9.48 Å². The van der Waals surface area contributed by atoms with Gasteiger partial charge in [0, 0.05) is 38.1 Å².